The average Bonchev–Trinajstić information content (AvgIpc) is 3.47. The fraction of sp³-hybridized carbons (Fsp3) is 0.200. The molecule has 1 atom stereocenters. The van der Waals surface area contributed by atoms with Gasteiger partial charge < -0.3 is 15.1 Å². The van der Waals surface area contributed by atoms with Gasteiger partial charge in [0.2, 0.25) is 0 Å². The summed E-state index contributed by atoms with van der Waals surface area (Å²) in [6.07, 6.45) is -0.625. The molecule has 9 heteroatoms. The van der Waals surface area contributed by atoms with E-state index in [9.17, 15) is 18.0 Å². The van der Waals surface area contributed by atoms with Crippen molar-refractivity contribution < 1.29 is 22.4 Å². The summed E-state index contributed by atoms with van der Waals surface area (Å²) in [7, 11) is 0. The van der Waals surface area contributed by atoms with E-state index >= 15 is 0 Å². The molecule has 4 aromatic rings. The number of carbonyl (C=O) groups excluding carboxylic acids is 1. The van der Waals surface area contributed by atoms with Crippen LogP contribution in [0.4, 0.5) is 24.0 Å². The van der Waals surface area contributed by atoms with E-state index in [2.05, 4.69) is 15.6 Å². The highest BCUT2D eigenvalue weighted by molar-refractivity contribution is 7.16. The molecule has 0 saturated carbocycles. The number of hydrogen-bond acceptors (Lipinski definition) is 5. The first-order valence-electron chi connectivity index (χ1n) is 10.6. The number of pyridine rings is 1. The van der Waals surface area contributed by atoms with Crippen LogP contribution in [0.15, 0.2) is 71.5 Å². The number of rotatable bonds is 7. The quantitative estimate of drug-likeness (QED) is 0.294. The van der Waals surface area contributed by atoms with Gasteiger partial charge in [0.25, 0.3) is 5.91 Å². The molecule has 0 fully saturated rings. The maximum atomic E-state index is 13.1. The Bertz CT molecular complexity index is 1270. The Morgan fingerprint density at radius 1 is 1.15 bits per heavy atom. The Morgan fingerprint density at radius 3 is 2.53 bits per heavy atom. The molecule has 0 aliphatic carbocycles. The van der Waals surface area contributed by atoms with Crippen LogP contribution in [-0.2, 0) is 12.6 Å². The number of furan rings is 1. The maximum Gasteiger partial charge on any atom is 0.416 e. The standard InChI is InChI=1S/C25H22F3N3O2S/c1-3-18-14-19(24(34-18)31-23(32)20-5-4-12-33-20)22(30-21-13-15(2)10-11-29-21)16-6-8-17(9-7-16)25(26,27)28/h4-14,22H,3H2,1-2H3,(H,29,30)(H,31,32)/t22-/m1/s1. The maximum absolute atomic E-state index is 13.1. The van der Waals surface area contributed by atoms with Crippen LogP contribution in [0, 0.1) is 6.92 Å². The number of aromatic nitrogens is 1. The third kappa shape index (κ3) is 5.31. The smallest absolute Gasteiger partial charge is 0.416 e. The topological polar surface area (TPSA) is 67.2 Å². The number of nitrogens with zero attached hydrogens (tertiary/aromatic N) is 1. The summed E-state index contributed by atoms with van der Waals surface area (Å²) in [6, 6.07) is 13.3. The minimum Gasteiger partial charge on any atom is -0.459 e. The number of amides is 1. The number of halogens is 3. The number of hydrogen-bond donors (Lipinski definition) is 2. The largest absolute Gasteiger partial charge is 0.459 e. The van der Waals surface area contributed by atoms with E-state index in [0.29, 0.717) is 16.4 Å². The summed E-state index contributed by atoms with van der Waals surface area (Å²) in [5.74, 6) is 0.324. The number of benzene rings is 1. The second kappa shape index (κ2) is 9.72. The second-order valence-corrected chi connectivity index (χ2v) is 8.83. The highest BCUT2D eigenvalue weighted by atomic mass is 32.1. The summed E-state index contributed by atoms with van der Waals surface area (Å²) < 4.78 is 44.6. The number of nitrogens with one attached hydrogen (secondary N) is 2. The van der Waals surface area contributed by atoms with E-state index in [1.165, 1.54) is 29.7 Å². The fourth-order valence-electron chi connectivity index (χ4n) is 3.49. The Kier molecular flexibility index (Phi) is 6.74. The molecule has 3 aromatic heterocycles. The van der Waals surface area contributed by atoms with Gasteiger partial charge in [-0.15, -0.1) is 11.3 Å². The molecule has 4 rings (SSSR count). The summed E-state index contributed by atoms with van der Waals surface area (Å²) in [5, 5.41) is 6.82. The first kappa shape index (κ1) is 23.6. The van der Waals surface area contributed by atoms with Gasteiger partial charge in [-0.1, -0.05) is 19.1 Å². The molecule has 5 nitrogen and oxygen atoms in total. The van der Waals surface area contributed by atoms with Crippen LogP contribution in [0.3, 0.4) is 0 Å². The van der Waals surface area contributed by atoms with Crippen LogP contribution in [0.2, 0.25) is 0 Å². The van der Waals surface area contributed by atoms with Gasteiger partial charge in [0.15, 0.2) is 5.76 Å². The molecule has 1 amide bonds. The van der Waals surface area contributed by atoms with E-state index in [4.69, 9.17) is 4.42 Å². The lowest BCUT2D eigenvalue weighted by atomic mass is 9.98. The van der Waals surface area contributed by atoms with Crippen molar-refractivity contribution in [3.05, 3.63) is 99.9 Å². The van der Waals surface area contributed by atoms with Crippen molar-refractivity contribution in [2.24, 2.45) is 0 Å². The van der Waals surface area contributed by atoms with E-state index < -0.39 is 23.7 Å². The molecule has 2 N–H and O–H groups in total. The minimum atomic E-state index is -4.43. The van der Waals surface area contributed by atoms with E-state index in [1.807, 2.05) is 32.0 Å². The van der Waals surface area contributed by atoms with Gasteiger partial charge in [0, 0.05) is 16.6 Å². The molecular formula is C25H22F3N3O2S. The van der Waals surface area contributed by atoms with Crippen molar-refractivity contribution >= 4 is 28.1 Å². The van der Waals surface area contributed by atoms with Crippen LogP contribution < -0.4 is 10.6 Å². The van der Waals surface area contributed by atoms with Crippen molar-refractivity contribution in [2.75, 3.05) is 10.6 Å². The molecule has 3 heterocycles. The third-order valence-corrected chi connectivity index (χ3v) is 6.43. The van der Waals surface area contributed by atoms with E-state index in [1.54, 1.807) is 18.3 Å². The highest BCUT2D eigenvalue weighted by Crippen LogP contribution is 2.39. The summed E-state index contributed by atoms with van der Waals surface area (Å²) in [6.45, 7) is 3.92. The lowest BCUT2D eigenvalue weighted by Gasteiger charge is -2.22. The van der Waals surface area contributed by atoms with Gasteiger partial charge in [0.1, 0.15) is 10.8 Å². The van der Waals surface area contributed by atoms with E-state index in [-0.39, 0.29) is 5.76 Å². The Hall–Kier alpha value is -3.59. The molecule has 0 spiro atoms. The summed E-state index contributed by atoms with van der Waals surface area (Å²) in [5.41, 5.74) is 1.58. The fourth-order valence-corrected chi connectivity index (χ4v) is 4.52. The highest BCUT2D eigenvalue weighted by Gasteiger charge is 2.31. The number of thiophene rings is 1. The molecular weight excluding hydrogens is 463 g/mol. The lowest BCUT2D eigenvalue weighted by molar-refractivity contribution is -0.137. The lowest BCUT2D eigenvalue weighted by Crippen LogP contribution is -2.17. The summed E-state index contributed by atoms with van der Waals surface area (Å²) >= 11 is 1.42. The molecule has 0 saturated heterocycles. The molecule has 0 radical (unpaired) electrons. The zero-order valence-electron chi connectivity index (χ0n) is 18.4. The Balaban J connectivity index is 1.76. The first-order valence-corrected chi connectivity index (χ1v) is 11.4. The molecule has 0 aliphatic heterocycles. The SMILES string of the molecule is CCc1cc([C@H](Nc2cc(C)ccn2)c2ccc(C(F)(F)F)cc2)c(NC(=O)c2ccco2)s1. The van der Waals surface area contributed by atoms with Crippen LogP contribution in [0.25, 0.3) is 0 Å². The van der Waals surface area contributed by atoms with Crippen LogP contribution >= 0.6 is 11.3 Å². The number of alkyl halides is 3. The van der Waals surface area contributed by atoms with Crippen molar-refractivity contribution in [3.8, 4) is 0 Å². The number of anilines is 2. The summed E-state index contributed by atoms with van der Waals surface area (Å²) in [4.78, 5) is 18.1. The molecule has 0 unspecified atom stereocenters. The zero-order valence-corrected chi connectivity index (χ0v) is 19.3. The van der Waals surface area contributed by atoms with Crippen molar-refractivity contribution in [2.45, 2.75) is 32.5 Å². The first-order chi connectivity index (χ1) is 16.2. The molecule has 1 aromatic carbocycles. The van der Waals surface area contributed by atoms with Crippen molar-refractivity contribution in [3.63, 3.8) is 0 Å². The third-order valence-electron chi connectivity index (χ3n) is 5.22. The normalized spacial score (nSPS) is 12.4. The van der Waals surface area contributed by atoms with Crippen LogP contribution in [-0.4, -0.2) is 10.9 Å². The Morgan fingerprint density at radius 2 is 1.91 bits per heavy atom. The molecule has 176 valence electrons. The molecule has 34 heavy (non-hydrogen) atoms. The van der Waals surface area contributed by atoms with Crippen molar-refractivity contribution in [1.29, 1.82) is 0 Å². The van der Waals surface area contributed by atoms with Gasteiger partial charge >= 0.3 is 6.18 Å². The number of carbonyl (C=O) groups is 1. The van der Waals surface area contributed by atoms with Crippen LogP contribution in [0.5, 0.6) is 0 Å². The molecule has 0 bridgehead atoms. The van der Waals surface area contributed by atoms with E-state index in [0.717, 1.165) is 34.6 Å². The second-order valence-electron chi connectivity index (χ2n) is 7.70. The van der Waals surface area contributed by atoms with Gasteiger partial charge in [-0.25, -0.2) is 4.98 Å². The molecule has 0 aliphatic rings. The van der Waals surface area contributed by atoms with Gasteiger partial charge in [-0.3, -0.25) is 4.79 Å². The average molecular weight is 486 g/mol. The zero-order chi connectivity index (χ0) is 24.3. The monoisotopic (exact) mass is 485 g/mol. The van der Waals surface area contributed by atoms with Gasteiger partial charge in [-0.2, -0.15) is 13.2 Å². The number of aryl methyl sites for hydroxylation is 2. The van der Waals surface area contributed by atoms with Crippen LogP contribution in [0.1, 0.15) is 50.7 Å². The van der Waals surface area contributed by atoms with Gasteiger partial charge in [0.05, 0.1) is 17.9 Å². The Labute approximate surface area is 198 Å². The van der Waals surface area contributed by atoms with Gasteiger partial charge in [-0.05, 0) is 66.9 Å². The predicted octanol–water partition coefficient (Wildman–Crippen LogP) is 7.08. The van der Waals surface area contributed by atoms with Crippen molar-refractivity contribution in [1.82, 2.24) is 4.98 Å². The predicted molar refractivity (Wildman–Crippen MR) is 126 cm³/mol. The minimum absolute atomic E-state index is 0.164.